The quantitative estimate of drug-likeness (QED) is 0.349. The summed E-state index contributed by atoms with van der Waals surface area (Å²) in [6.45, 7) is 1.37. The lowest BCUT2D eigenvalue weighted by molar-refractivity contribution is -0.114. The molecule has 5 aromatic rings. The van der Waals surface area contributed by atoms with Crippen LogP contribution in [0.2, 0.25) is 0 Å². The lowest BCUT2D eigenvalue weighted by atomic mass is 10.2. The highest BCUT2D eigenvalue weighted by atomic mass is 16.6. The molecule has 0 fully saturated rings. The molecular weight excluding hydrogens is 464 g/mol. The van der Waals surface area contributed by atoms with Crippen LogP contribution in [0.1, 0.15) is 6.92 Å². The second kappa shape index (κ2) is 9.43. The molecule has 178 valence electrons. The number of nitrogens with one attached hydrogen (secondary N) is 1. The molecule has 0 aliphatic carbocycles. The van der Waals surface area contributed by atoms with Gasteiger partial charge in [0.25, 0.3) is 0 Å². The van der Waals surface area contributed by atoms with Gasteiger partial charge >= 0.3 is 0 Å². The molecule has 0 unspecified atom stereocenters. The van der Waals surface area contributed by atoms with Crippen LogP contribution in [0, 0.1) is 11.3 Å². The molecule has 0 saturated carbocycles. The monoisotopic (exact) mass is 482 g/mol. The summed E-state index contributed by atoms with van der Waals surface area (Å²) in [5, 5.41) is 19.0. The fourth-order valence-corrected chi connectivity index (χ4v) is 3.56. The summed E-state index contributed by atoms with van der Waals surface area (Å²) in [6.07, 6.45) is 1.57. The Balaban J connectivity index is 1.58. The Morgan fingerprint density at radius 1 is 1.17 bits per heavy atom. The first-order chi connectivity index (χ1) is 17.5. The van der Waals surface area contributed by atoms with E-state index in [1.165, 1.54) is 6.92 Å². The summed E-state index contributed by atoms with van der Waals surface area (Å²) < 4.78 is 17.9. The summed E-state index contributed by atoms with van der Waals surface area (Å²) in [6, 6.07) is 17.7. The number of hydrogen-bond donors (Lipinski definition) is 2. The molecule has 2 aromatic carbocycles. The van der Waals surface area contributed by atoms with Crippen molar-refractivity contribution < 1.29 is 18.9 Å². The van der Waals surface area contributed by atoms with Gasteiger partial charge in [-0.25, -0.2) is 14.6 Å². The molecule has 0 radical (unpaired) electrons. The van der Waals surface area contributed by atoms with Crippen molar-refractivity contribution in [1.82, 2.24) is 24.8 Å². The van der Waals surface area contributed by atoms with Crippen molar-refractivity contribution in [2.24, 2.45) is 0 Å². The van der Waals surface area contributed by atoms with E-state index < -0.39 is 0 Å². The van der Waals surface area contributed by atoms with Gasteiger partial charge in [-0.1, -0.05) is 6.07 Å². The van der Waals surface area contributed by atoms with Crippen LogP contribution in [0.25, 0.3) is 28.2 Å². The minimum absolute atomic E-state index is 0.0603. The third kappa shape index (κ3) is 4.48. The molecule has 0 spiro atoms. The Labute approximate surface area is 203 Å². The van der Waals surface area contributed by atoms with Crippen LogP contribution in [0.15, 0.2) is 65.4 Å². The fourth-order valence-electron chi connectivity index (χ4n) is 3.56. The second-order valence-corrected chi connectivity index (χ2v) is 7.53. The van der Waals surface area contributed by atoms with Gasteiger partial charge in [-0.2, -0.15) is 5.26 Å². The van der Waals surface area contributed by atoms with Crippen LogP contribution < -0.4 is 20.5 Å². The average molecular weight is 482 g/mol. The zero-order chi connectivity index (χ0) is 25.1. The van der Waals surface area contributed by atoms with E-state index in [0.717, 1.165) is 0 Å². The van der Waals surface area contributed by atoms with E-state index in [9.17, 15) is 4.79 Å². The van der Waals surface area contributed by atoms with Crippen LogP contribution in [-0.4, -0.2) is 37.4 Å². The van der Waals surface area contributed by atoms with Gasteiger partial charge in [-0.3, -0.25) is 9.36 Å². The van der Waals surface area contributed by atoms with Gasteiger partial charge in [-0.15, -0.1) is 0 Å². The predicted octanol–water partition coefficient (Wildman–Crippen LogP) is 3.71. The first kappa shape index (κ1) is 22.4. The number of nitrogens with two attached hydrogens (primary N) is 1. The Morgan fingerprint density at radius 2 is 2.00 bits per heavy atom. The number of carbonyl (C=O) groups excluding carboxylic acids is 1. The van der Waals surface area contributed by atoms with Crippen molar-refractivity contribution in [2.75, 3.05) is 17.7 Å². The number of fused-ring (bicyclic) bond motifs is 1. The van der Waals surface area contributed by atoms with Crippen molar-refractivity contribution in [2.45, 2.75) is 6.92 Å². The summed E-state index contributed by atoms with van der Waals surface area (Å²) in [7, 11) is 0. The molecule has 0 bridgehead atoms. The average Bonchev–Trinajstić information content (AvgIpc) is 3.45. The molecule has 0 atom stereocenters. The maximum absolute atomic E-state index is 11.4. The maximum atomic E-state index is 11.4. The van der Waals surface area contributed by atoms with Crippen LogP contribution >= 0.6 is 0 Å². The molecule has 12 nitrogen and oxygen atoms in total. The van der Waals surface area contributed by atoms with Crippen molar-refractivity contribution in [3.8, 4) is 40.7 Å². The number of nitriles is 1. The molecule has 1 amide bonds. The highest BCUT2D eigenvalue weighted by molar-refractivity contribution is 5.89. The van der Waals surface area contributed by atoms with E-state index in [1.54, 1.807) is 60.8 Å². The van der Waals surface area contributed by atoms with Crippen molar-refractivity contribution in [1.29, 1.82) is 5.26 Å². The van der Waals surface area contributed by atoms with Gasteiger partial charge in [0.05, 0.1) is 11.7 Å². The largest absolute Gasteiger partial charge is 0.479 e. The van der Waals surface area contributed by atoms with E-state index in [4.69, 9.17) is 25.1 Å². The van der Waals surface area contributed by atoms with E-state index >= 15 is 0 Å². The molecule has 5 rings (SSSR count). The number of aromatic nitrogens is 5. The number of ether oxygens (including phenoxy) is 2. The Bertz CT molecular complexity index is 1600. The zero-order valence-corrected chi connectivity index (χ0v) is 18.9. The molecule has 12 heteroatoms. The van der Waals surface area contributed by atoms with Crippen LogP contribution in [0.3, 0.4) is 0 Å². The van der Waals surface area contributed by atoms with Crippen LogP contribution in [0.4, 0.5) is 11.5 Å². The van der Waals surface area contributed by atoms with E-state index in [2.05, 4.69) is 25.6 Å². The molecule has 3 aromatic heterocycles. The molecule has 0 aliphatic rings. The normalized spacial score (nSPS) is 10.7. The zero-order valence-electron chi connectivity index (χ0n) is 18.9. The first-order valence-corrected chi connectivity index (χ1v) is 10.6. The summed E-state index contributed by atoms with van der Waals surface area (Å²) in [4.78, 5) is 20.4. The van der Waals surface area contributed by atoms with Gasteiger partial charge in [0.1, 0.15) is 23.1 Å². The van der Waals surface area contributed by atoms with Crippen LogP contribution in [0.5, 0.6) is 17.4 Å². The van der Waals surface area contributed by atoms with Crippen LogP contribution in [-0.2, 0) is 4.79 Å². The minimum Gasteiger partial charge on any atom is -0.479 e. The number of carbonyl (C=O) groups is 1. The number of benzene rings is 2. The van der Waals surface area contributed by atoms with Crippen molar-refractivity contribution in [3.05, 3.63) is 60.8 Å². The molecule has 3 N–H and O–H groups in total. The summed E-state index contributed by atoms with van der Waals surface area (Å²) >= 11 is 0. The molecule has 0 aliphatic heterocycles. The Kier molecular flexibility index (Phi) is 5.86. The molecule has 36 heavy (non-hydrogen) atoms. The lowest BCUT2D eigenvalue weighted by Crippen LogP contribution is -2.05. The Hall–Kier alpha value is -5.44. The fraction of sp³-hybridized carbons (Fsp3) is 0.0833. The molecule has 3 heterocycles. The number of anilines is 2. The topological polar surface area (TPSA) is 167 Å². The number of amides is 1. The highest BCUT2D eigenvalue weighted by Crippen LogP contribution is 2.33. The number of hydrogen-bond acceptors (Lipinski definition) is 10. The predicted molar refractivity (Wildman–Crippen MR) is 128 cm³/mol. The van der Waals surface area contributed by atoms with E-state index in [1.807, 2.05) is 10.6 Å². The highest BCUT2D eigenvalue weighted by Gasteiger charge is 2.21. The van der Waals surface area contributed by atoms with E-state index in [0.29, 0.717) is 45.6 Å². The van der Waals surface area contributed by atoms with Crippen molar-refractivity contribution >= 4 is 28.4 Å². The van der Waals surface area contributed by atoms with E-state index in [-0.39, 0.29) is 24.0 Å². The Morgan fingerprint density at radius 3 is 2.72 bits per heavy atom. The SMILES string of the molecule is CC(=O)Nc1cccc(Oc2cc3c(cn2)nc(-c2nonc2N)n3-c2ccc(OCC#N)cc2)c1. The summed E-state index contributed by atoms with van der Waals surface area (Å²) in [5.41, 5.74) is 8.74. The number of rotatable bonds is 7. The third-order valence-electron chi connectivity index (χ3n) is 5.02. The molecule has 0 saturated heterocycles. The maximum Gasteiger partial charge on any atom is 0.221 e. The third-order valence-corrected chi connectivity index (χ3v) is 5.02. The van der Waals surface area contributed by atoms with Gasteiger partial charge in [0, 0.05) is 30.4 Å². The lowest BCUT2D eigenvalue weighted by Gasteiger charge is -2.10. The summed E-state index contributed by atoms with van der Waals surface area (Å²) in [5.74, 6) is 1.62. The molecular formula is C24H18N8O4. The van der Waals surface area contributed by atoms with Gasteiger partial charge < -0.3 is 20.5 Å². The van der Waals surface area contributed by atoms with Gasteiger partial charge in [0.2, 0.25) is 11.8 Å². The van der Waals surface area contributed by atoms with Gasteiger partial charge in [0.15, 0.2) is 23.9 Å². The number of nitrogens with zero attached hydrogens (tertiary/aromatic N) is 6. The van der Waals surface area contributed by atoms with Gasteiger partial charge in [-0.05, 0) is 46.7 Å². The standard InChI is InChI=1S/C24H18N8O4/c1-14(33)28-15-3-2-4-18(11-15)35-21-12-20-19(13-27-21)29-24(22-23(26)31-36-30-22)32(20)16-5-7-17(8-6-16)34-10-9-25/h2-8,11-13H,10H2,1H3,(H2,26,31)(H,28,33). The van der Waals surface area contributed by atoms with Crippen molar-refractivity contribution in [3.63, 3.8) is 0 Å². The second-order valence-electron chi connectivity index (χ2n) is 7.53. The number of imidazole rings is 1. The number of pyridine rings is 1. The first-order valence-electron chi connectivity index (χ1n) is 10.6. The minimum atomic E-state index is -0.186. The number of nitrogen functional groups attached to an aromatic ring is 1. The smallest absolute Gasteiger partial charge is 0.221 e.